The van der Waals surface area contributed by atoms with Crippen LogP contribution in [0.1, 0.15) is 18.0 Å². The van der Waals surface area contributed by atoms with Gasteiger partial charge in [-0.05, 0) is 6.07 Å². The smallest absolute Gasteiger partial charge is 0.240 e. The molecule has 1 aromatic carbocycles. The summed E-state index contributed by atoms with van der Waals surface area (Å²) in [6.45, 7) is 0. The molecule has 3 nitrogen and oxygen atoms in total. The molecule has 4 N–H and O–H groups in total. The van der Waals surface area contributed by atoms with Crippen LogP contribution in [-0.4, -0.2) is 16.6 Å². The monoisotopic (exact) mass is 203 g/mol. The molecule has 1 atom stereocenters. The topological polar surface area (TPSA) is 66.5 Å². The highest BCUT2D eigenvalue weighted by molar-refractivity contribution is 5.45. The lowest BCUT2D eigenvalue weighted by Crippen LogP contribution is -2.14. The van der Waals surface area contributed by atoms with Crippen LogP contribution in [0, 0.1) is 0 Å². The molecule has 78 valence electrons. The predicted molar refractivity (Wildman–Crippen MR) is 47.3 cm³/mol. The van der Waals surface area contributed by atoms with Crippen LogP contribution in [0.25, 0.3) is 0 Å². The second-order valence-corrected chi connectivity index (χ2v) is 2.95. The molecule has 0 radical (unpaired) electrons. The van der Waals surface area contributed by atoms with E-state index >= 15 is 0 Å². The molecule has 0 fully saturated rings. The predicted octanol–water partition coefficient (Wildman–Crippen LogP) is 1.75. The summed E-state index contributed by atoms with van der Waals surface area (Å²) < 4.78 is 24.0. The fraction of sp³-hybridized carbons (Fsp3) is 0.333. The van der Waals surface area contributed by atoms with E-state index in [1.807, 2.05) is 0 Å². The zero-order chi connectivity index (χ0) is 10.7. The molecule has 5 heteroatoms. The largest absolute Gasteiger partial charge is 0.504 e. The highest BCUT2D eigenvalue weighted by atomic mass is 19.3. The van der Waals surface area contributed by atoms with Gasteiger partial charge in [0.1, 0.15) is 0 Å². The second kappa shape index (κ2) is 4.23. The summed E-state index contributed by atoms with van der Waals surface area (Å²) in [5.41, 5.74) is 5.54. The van der Waals surface area contributed by atoms with Crippen molar-refractivity contribution in [3.05, 3.63) is 23.8 Å². The molecule has 0 saturated heterocycles. The van der Waals surface area contributed by atoms with Crippen molar-refractivity contribution in [3.63, 3.8) is 0 Å². The van der Waals surface area contributed by atoms with Gasteiger partial charge in [-0.25, -0.2) is 8.78 Å². The summed E-state index contributed by atoms with van der Waals surface area (Å²) >= 11 is 0. The number of para-hydroxylation sites is 1. The molecule has 0 heterocycles. The lowest BCUT2D eigenvalue weighted by Gasteiger charge is -2.13. The molecule has 0 spiro atoms. The Labute approximate surface area is 79.8 Å². The van der Waals surface area contributed by atoms with E-state index in [2.05, 4.69) is 0 Å². The molecule has 1 rings (SSSR count). The summed E-state index contributed by atoms with van der Waals surface area (Å²) in [4.78, 5) is 0. The molecular weight excluding hydrogens is 192 g/mol. The Morgan fingerprint density at radius 2 is 1.93 bits per heavy atom. The van der Waals surface area contributed by atoms with Crippen molar-refractivity contribution in [3.8, 4) is 11.5 Å². The first-order valence-corrected chi connectivity index (χ1v) is 4.07. The minimum Gasteiger partial charge on any atom is -0.504 e. The molecule has 0 bridgehead atoms. The van der Waals surface area contributed by atoms with Gasteiger partial charge in [-0.3, -0.25) is 0 Å². The van der Waals surface area contributed by atoms with Gasteiger partial charge in [0.25, 0.3) is 0 Å². The number of hydrogen-bond acceptors (Lipinski definition) is 3. The van der Waals surface area contributed by atoms with Crippen molar-refractivity contribution in [1.82, 2.24) is 0 Å². The number of hydrogen-bond donors (Lipinski definition) is 3. The number of benzene rings is 1. The molecule has 14 heavy (non-hydrogen) atoms. The maximum atomic E-state index is 12.0. The van der Waals surface area contributed by atoms with Crippen LogP contribution in [-0.2, 0) is 0 Å². The molecule has 0 aliphatic heterocycles. The van der Waals surface area contributed by atoms with E-state index in [1.54, 1.807) is 0 Å². The third-order valence-electron chi connectivity index (χ3n) is 1.88. The number of phenolic OH excluding ortho intramolecular Hbond substituents is 2. The van der Waals surface area contributed by atoms with Crippen molar-refractivity contribution in [2.75, 3.05) is 0 Å². The van der Waals surface area contributed by atoms with E-state index in [4.69, 9.17) is 10.8 Å². The fourth-order valence-corrected chi connectivity index (χ4v) is 1.17. The molecule has 0 aliphatic rings. The summed E-state index contributed by atoms with van der Waals surface area (Å²) in [7, 11) is 0. The van der Waals surface area contributed by atoms with Gasteiger partial charge < -0.3 is 15.9 Å². The molecule has 0 unspecified atom stereocenters. The van der Waals surface area contributed by atoms with Crippen LogP contribution in [0.2, 0.25) is 0 Å². The quantitative estimate of drug-likeness (QED) is 0.655. The van der Waals surface area contributed by atoms with Crippen molar-refractivity contribution < 1.29 is 19.0 Å². The third kappa shape index (κ3) is 2.32. The van der Waals surface area contributed by atoms with Crippen LogP contribution >= 0.6 is 0 Å². The van der Waals surface area contributed by atoms with Crippen molar-refractivity contribution in [2.45, 2.75) is 18.9 Å². The zero-order valence-electron chi connectivity index (χ0n) is 7.32. The molecule has 0 saturated carbocycles. The Hall–Kier alpha value is -1.36. The number of rotatable bonds is 3. The molecule has 0 aromatic heterocycles. The lowest BCUT2D eigenvalue weighted by atomic mass is 10.0. The first kappa shape index (κ1) is 10.7. The minimum absolute atomic E-state index is 0.130. The van der Waals surface area contributed by atoms with Gasteiger partial charge in [-0.15, -0.1) is 0 Å². The van der Waals surface area contributed by atoms with Crippen molar-refractivity contribution >= 4 is 0 Å². The number of aromatic hydroxyl groups is 2. The fourth-order valence-electron chi connectivity index (χ4n) is 1.17. The summed E-state index contributed by atoms with van der Waals surface area (Å²) in [5, 5.41) is 18.4. The SMILES string of the molecule is N[C@@H](CC(F)F)c1cccc(O)c1O. The van der Waals surface area contributed by atoms with Crippen molar-refractivity contribution in [2.24, 2.45) is 5.73 Å². The molecule has 0 aliphatic carbocycles. The zero-order valence-corrected chi connectivity index (χ0v) is 7.32. The Morgan fingerprint density at radius 1 is 1.29 bits per heavy atom. The number of nitrogens with two attached hydrogens (primary N) is 1. The first-order chi connectivity index (χ1) is 6.52. The van der Waals surface area contributed by atoms with E-state index in [0.29, 0.717) is 0 Å². The maximum Gasteiger partial charge on any atom is 0.240 e. The van der Waals surface area contributed by atoms with Crippen LogP contribution in [0.3, 0.4) is 0 Å². The van der Waals surface area contributed by atoms with Gasteiger partial charge in [0, 0.05) is 18.0 Å². The Morgan fingerprint density at radius 3 is 2.50 bits per heavy atom. The van der Waals surface area contributed by atoms with Gasteiger partial charge >= 0.3 is 0 Å². The number of phenols is 2. The average molecular weight is 203 g/mol. The maximum absolute atomic E-state index is 12.0. The van der Waals surface area contributed by atoms with E-state index < -0.39 is 24.6 Å². The van der Waals surface area contributed by atoms with E-state index in [-0.39, 0.29) is 11.3 Å². The van der Waals surface area contributed by atoms with Gasteiger partial charge in [0.2, 0.25) is 6.43 Å². The van der Waals surface area contributed by atoms with Crippen LogP contribution in [0.15, 0.2) is 18.2 Å². The van der Waals surface area contributed by atoms with E-state index in [1.165, 1.54) is 18.2 Å². The third-order valence-corrected chi connectivity index (χ3v) is 1.88. The highest BCUT2D eigenvalue weighted by Gasteiger charge is 2.17. The molecule has 1 aromatic rings. The van der Waals surface area contributed by atoms with Crippen LogP contribution in [0.4, 0.5) is 8.78 Å². The highest BCUT2D eigenvalue weighted by Crippen LogP contribution is 2.33. The Kier molecular flexibility index (Phi) is 3.24. The van der Waals surface area contributed by atoms with Crippen LogP contribution in [0.5, 0.6) is 11.5 Å². The summed E-state index contributed by atoms with van der Waals surface area (Å²) in [6.07, 6.45) is -3.08. The molecule has 0 amide bonds. The van der Waals surface area contributed by atoms with Gasteiger partial charge in [0.05, 0.1) is 0 Å². The average Bonchev–Trinajstić information content (AvgIpc) is 2.08. The van der Waals surface area contributed by atoms with Crippen LogP contribution < -0.4 is 5.73 Å². The van der Waals surface area contributed by atoms with E-state index in [0.717, 1.165) is 0 Å². The normalized spacial score (nSPS) is 13.1. The van der Waals surface area contributed by atoms with Crippen molar-refractivity contribution in [1.29, 1.82) is 0 Å². The Bertz CT molecular complexity index is 318. The number of alkyl halides is 2. The lowest BCUT2D eigenvalue weighted by molar-refractivity contribution is 0.128. The van der Waals surface area contributed by atoms with E-state index in [9.17, 15) is 13.9 Å². The summed E-state index contributed by atoms with van der Waals surface area (Å²) in [5.74, 6) is -0.784. The first-order valence-electron chi connectivity index (χ1n) is 4.07. The standard InChI is InChI=1S/C9H11F2NO2/c10-8(11)4-6(12)5-2-1-3-7(13)9(5)14/h1-3,6,8,13-14H,4,12H2/t6-/m0/s1. The molecular formula is C9H11F2NO2. The van der Waals surface area contributed by atoms with Gasteiger partial charge in [-0.1, -0.05) is 12.1 Å². The Balaban J connectivity index is 2.89. The summed E-state index contributed by atoms with van der Waals surface area (Å²) in [6, 6.07) is 3.13. The van der Waals surface area contributed by atoms with Gasteiger partial charge in [-0.2, -0.15) is 0 Å². The number of halogens is 2. The van der Waals surface area contributed by atoms with Gasteiger partial charge in [0.15, 0.2) is 11.5 Å². The minimum atomic E-state index is -2.54. The second-order valence-electron chi connectivity index (χ2n) is 2.95.